The molecule has 0 amide bonds. The molecule has 1 aromatic heterocycles. The highest BCUT2D eigenvalue weighted by molar-refractivity contribution is 5.37. The first-order valence-corrected chi connectivity index (χ1v) is 6.30. The second-order valence-electron chi connectivity index (χ2n) is 4.35. The molecular weight excluding hydrogens is 266 g/mol. The monoisotopic (exact) mass is 277 g/mol. The van der Waals surface area contributed by atoms with Crippen molar-refractivity contribution in [1.29, 1.82) is 5.26 Å². The molecule has 0 saturated carbocycles. The average Bonchev–Trinajstić information content (AvgIpc) is 3.08. The molecule has 6 nitrogen and oxygen atoms in total. The van der Waals surface area contributed by atoms with E-state index in [-0.39, 0.29) is 0 Å². The standard InChI is InChI=1S/C15H11N5O/c16-9-12-2-1-3-13(8-12)10-21-15-6-4-14(5-7-15)20-11-17-18-19-20/h1-8,11H,10H2. The van der Waals surface area contributed by atoms with E-state index in [9.17, 15) is 0 Å². The summed E-state index contributed by atoms with van der Waals surface area (Å²) in [5.74, 6) is 0.745. The second kappa shape index (κ2) is 5.84. The zero-order valence-electron chi connectivity index (χ0n) is 11.0. The van der Waals surface area contributed by atoms with E-state index in [0.717, 1.165) is 17.0 Å². The third-order valence-corrected chi connectivity index (χ3v) is 2.91. The summed E-state index contributed by atoms with van der Waals surface area (Å²) in [6.45, 7) is 0.416. The Labute approximate surface area is 121 Å². The van der Waals surface area contributed by atoms with Gasteiger partial charge in [-0.3, -0.25) is 0 Å². The van der Waals surface area contributed by atoms with Crippen LogP contribution < -0.4 is 4.74 Å². The molecule has 0 radical (unpaired) electrons. The highest BCUT2D eigenvalue weighted by atomic mass is 16.5. The number of ether oxygens (including phenoxy) is 1. The number of nitrogens with zero attached hydrogens (tertiary/aromatic N) is 5. The Morgan fingerprint density at radius 2 is 2.00 bits per heavy atom. The first-order valence-electron chi connectivity index (χ1n) is 6.30. The van der Waals surface area contributed by atoms with Crippen molar-refractivity contribution in [3.8, 4) is 17.5 Å². The largest absolute Gasteiger partial charge is 0.489 e. The van der Waals surface area contributed by atoms with Crippen LogP contribution in [0, 0.1) is 11.3 Å². The molecule has 0 saturated heterocycles. The van der Waals surface area contributed by atoms with Crippen LogP contribution in [-0.4, -0.2) is 20.2 Å². The molecule has 0 N–H and O–H groups in total. The summed E-state index contributed by atoms with van der Waals surface area (Å²) >= 11 is 0. The maximum absolute atomic E-state index is 8.86. The van der Waals surface area contributed by atoms with Gasteiger partial charge in [-0.15, -0.1) is 5.10 Å². The van der Waals surface area contributed by atoms with Crippen LogP contribution in [0.2, 0.25) is 0 Å². The molecule has 0 atom stereocenters. The molecule has 1 heterocycles. The molecule has 0 bridgehead atoms. The first kappa shape index (κ1) is 12.8. The van der Waals surface area contributed by atoms with E-state index >= 15 is 0 Å². The van der Waals surface area contributed by atoms with Crippen molar-refractivity contribution < 1.29 is 4.74 Å². The van der Waals surface area contributed by atoms with Crippen LogP contribution in [0.4, 0.5) is 0 Å². The fourth-order valence-electron chi connectivity index (χ4n) is 1.87. The third-order valence-electron chi connectivity index (χ3n) is 2.91. The average molecular weight is 277 g/mol. The predicted molar refractivity (Wildman–Crippen MR) is 74.6 cm³/mol. The maximum atomic E-state index is 8.86. The Hall–Kier alpha value is -3.20. The van der Waals surface area contributed by atoms with Gasteiger partial charge in [0.15, 0.2) is 0 Å². The topological polar surface area (TPSA) is 76.6 Å². The maximum Gasteiger partial charge on any atom is 0.143 e. The summed E-state index contributed by atoms with van der Waals surface area (Å²) in [7, 11) is 0. The fourth-order valence-corrected chi connectivity index (χ4v) is 1.87. The van der Waals surface area contributed by atoms with E-state index in [4.69, 9.17) is 10.00 Å². The number of tetrazole rings is 1. The molecule has 21 heavy (non-hydrogen) atoms. The van der Waals surface area contributed by atoms with Crippen LogP contribution >= 0.6 is 0 Å². The van der Waals surface area contributed by atoms with Gasteiger partial charge in [0.2, 0.25) is 0 Å². The van der Waals surface area contributed by atoms with Crippen molar-refractivity contribution in [2.75, 3.05) is 0 Å². The molecule has 0 spiro atoms. The van der Waals surface area contributed by atoms with Gasteiger partial charge < -0.3 is 4.74 Å². The van der Waals surface area contributed by atoms with Gasteiger partial charge in [-0.1, -0.05) is 12.1 Å². The molecule has 0 aliphatic heterocycles. The Morgan fingerprint density at radius 1 is 1.14 bits per heavy atom. The fraction of sp³-hybridized carbons (Fsp3) is 0.0667. The number of hydrogen-bond donors (Lipinski definition) is 0. The van der Waals surface area contributed by atoms with Crippen molar-refractivity contribution in [3.05, 3.63) is 66.0 Å². The molecule has 3 rings (SSSR count). The summed E-state index contributed by atoms with van der Waals surface area (Å²) in [4.78, 5) is 0. The van der Waals surface area contributed by atoms with Crippen molar-refractivity contribution in [2.24, 2.45) is 0 Å². The molecule has 0 fully saturated rings. The van der Waals surface area contributed by atoms with Crippen molar-refractivity contribution >= 4 is 0 Å². The molecule has 2 aromatic carbocycles. The lowest BCUT2D eigenvalue weighted by Crippen LogP contribution is -1.97. The van der Waals surface area contributed by atoms with E-state index < -0.39 is 0 Å². The molecule has 3 aromatic rings. The van der Waals surface area contributed by atoms with Crippen LogP contribution in [0.15, 0.2) is 54.9 Å². The Bertz CT molecular complexity index is 760. The quantitative estimate of drug-likeness (QED) is 0.730. The highest BCUT2D eigenvalue weighted by Gasteiger charge is 2.00. The summed E-state index contributed by atoms with van der Waals surface area (Å²) in [5.41, 5.74) is 2.45. The first-order chi connectivity index (χ1) is 10.3. The van der Waals surface area contributed by atoms with Crippen LogP contribution in [0.5, 0.6) is 5.75 Å². The van der Waals surface area contributed by atoms with Crippen LogP contribution in [0.25, 0.3) is 5.69 Å². The number of nitriles is 1. The van der Waals surface area contributed by atoms with E-state index in [1.54, 1.807) is 10.7 Å². The number of rotatable bonds is 4. The number of benzene rings is 2. The summed E-state index contributed by atoms with van der Waals surface area (Å²) in [5, 5.41) is 19.8. The summed E-state index contributed by atoms with van der Waals surface area (Å²) in [6.07, 6.45) is 1.53. The number of aromatic nitrogens is 4. The summed E-state index contributed by atoms with van der Waals surface area (Å²) < 4.78 is 7.26. The summed E-state index contributed by atoms with van der Waals surface area (Å²) in [6, 6.07) is 16.9. The van der Waals surface area contributed by atoms with Crippen LogP contribution in [-0.2, 0) is 6.61 Å². The zero-order chi connectivity index (χ0) is 14.5. The van der Waals surface area contributed by atoms with Crippen molar-refractivity contribution in [3.63, 3.8) is 0 Å². The molecular formula is C15H11N5O. The molecule has 102 valence electrons. The van der Waals surface area contributed by atoms with Crippen molar-refractivity contribution in [1.82, 2.24) is 20.2 Å². The Balaban J connectivity index is 1.67. The molecule has 0 aliphatic rings. The van der Waals surface area contributed by atoms with Gasteiger partial charge in [0, 0.05) is 0 Å². The van der Waals surface area contributed by atoms with Gasteiger partial charge >= 0.3 is 0 Å². The van der Waals surface area contributed by atoms with Crippen LogP contribution in [0.3, 0.4) is 0 Å². The lowest BCUT2D eigenvalue weighted by atomic mass is 10.1. The van der Waals surface area contributed by atoms with E-state index in [0.29, 0.717) is 12.2 Å². The predicted octanol–water partition coefficient (Wildman–Crippen LogP) is 2.11. The second-order valence-corrected chi connectivity index (χ2v) is 4.35. The van der Waals surface area contributed by atoms with Gasteiger partial charge in [0.05, 0.1) is 17.3 Å². The minimum atomic E-state index is 0.416. The molecule has 0 aliphatic carbocycles. The molecule has 6 heteroatoms. The minimum Gasteiger partial charge on any atom is -0.489 e. The van der Waals surface area contributed by atoms with Crippen molar-refractivity contribution in [2.45, 2.75) is 6.61 Å². The van der Waals surface area contributed by atoms with Gasteiger partial charge in [0.25, 0.3) is 0 Å². The molecule has 0 unspecified atom stereocenters. The number of hydrogen-bond acceptors (Lipinski definition) is 5. The highest BCUT2D eigenvalue weighted by Crippen LogP contribution is 2.16. The SMILES string of the molecule is N#Cc1cccc(COc2ccc(-n3cnnn3)cc2)c1. The normalized spacial score (nSPS) is 10.0. The van der Waals surface area contributed by atoms with Gasteiger partial charge in [0.1, 0.15) is 18.7 Å². The zero-order valence-corrected chi connectivity index (χ0v) is 11.0. The van der Waals surface area contributed by atoms with E-state index in [2.05, 4.69) is 21.6 Å². The van der Waals surface area contributed by atoms with Gasteiger partial charge in [-0.05, 0) is 52.4 Å². The Morgan fingerprint density at radius 3 is 2.71 bits per heavy atom. The van der Waals surface area contributed by atoms with E-state index in [1.165, 1.54) is 6.33 Å². The third kappa shape index (κ3) is 3.04. The Kier molecular flexibility index (Phi) is 3.56. The van der Waals surface area contributed by atoms with Gasteiger partial charge in [-0.2, -0.15) is 5.26 Å². The van der Waals surface area contributed by atoms with Crippen LogP contribution in [0.1, 0.15) is 11.1 Å². The van der Waals surface area contributed by atoms with E-state index in [1.807, 2.05) is 42.5 Å². The minimum absolute atomic E-state index is 0.416. The lowest BCUT2D eigenvalue weighted by Gasteiger charge is -2.07. The van der Waals surface area contributed by atoms with Gasteiger partial charge in [-0.25, -0.2) is 4.68 Å². The smallest absolute Gasteiger partial charge is 0.143 e. The lowest BCUT2D eigenvalue weighted by molar-refractivity contribution is 0.306.